The van der Waals surface area contributed by atoms with Gasteiger partial charge in [0.25, 0.3) is 0 Å². The fourth-order valence-corrected chi connectivity index (χ4v) is 3.27. The van der Waals surface area contributed by atoms with Crippen LogP contribution in [-0.4, -0.2) is 32.0 Å². The molecule has 0 saturated carbocycles. The number of hydrogen-bond donors (Lipinski definition) is 2. The SMILES string of the molecule is O=S(=O)(Oc1ccc2[nH]cc(C3CCNCC3)c2c1)C(F)(F)F. The first kappa shape index (κ1) is 16.1. The summed E-state index contributed by atoms with van der Waals surface area (Å²) in [6.07, 6.45) is 3.65. The number of piperidine rings is 1. The van der Waals surface area contributed by atoms with Crippen LogP contribution in [-0.2, 0) is 10.1 Å². The van der Waals surface area contributed by atoms with E-state index >= 15 is 0 Å². The Kier molecular flexibility index (Phi) is 4.01. The van der Waals surface area contributed by atoms with Gasteiger partial charge in [0.15, 0.2) is 0 Å². The van der Waals surface area contributed by atoms with Crippen molar-refractivity contribution in [2.24, 2.45) is 0 Å². The second-order valence-corrected chi connectivity index (χ2v) is 7.00. The third-order valence-corrected chi connectivity index (χ3v) is 4.93. The minimum Gasteiger partial charge on any atom is -0.376 e. The molecule has 2 heterocycles. The van der Waals surface area contributed by atoms with Gasteiger partial charge in [-0.2, -0.15) is 21.6 Å². The van der Waals surface area contributed by atoms with Crippen molar-refractivity contribution in [1.82, 2.24) is 10.3 Å². The van der Waals surface area contributed by atoms with Crippen LogP contribution in [0.5, 0.6) is 5.75 Å². The zero-order chi connectivity index (χ0) is 16.7. The Morgan fingerprint density at radius 3 is 2.52 bits per heavy atom. The van der Waals surface area contributed by atoms with Crippen molar-refractivity contribution in [1.29, 1.82) is 0 Å². The van der Waals surface area contributed by atoms with Crippen molar-refractivity contribution >= 4 is 21.0 Å². The third kappa shape index (κ3) is 3.16. The third-order valence-electron chi connectivity index (χ3n) is 3.95. The number of nitrogens with one attached hydrogen (secondary N) is 2. The van der Waals surface area contributed by atoms with Crippen LogP contribution in [0.1, 0.15) is 24.3 Å². The van der Waals surface area contributed by atoms with Gasteiger partial charge in [0.05, 0.1) is 0 Å². The quantitative estimate of drug-likeness (QED) is 0.661. The average Bonchev–Trinajstić information content (AvgIpc) is 2.89. The monoisotopic (exact) mass is 348 g/mol. The predicted molar refractivity (Wildman–Crippen MR) is 78.7 cm³/mol. The molecule has 0 radical (unpaired) electrons. The van der Waals surface area contributed by atoms with Crippen molar-refractivity contribution in [3.8, 4) is 5.75 Å². The Morgan fingerprint density at radius 2 is 1.87 bits per heavy atom. The van der Waals surface area contributed by atoms with Gasteiger partial charge in [0.2, 0.25) is 0 Å². The Balaban J connectivity index is 1.95. The highest BCUT2D eigenvalue weighted by Crippen LogP contribution is 2.34. The maximum absolute atomic E-state index is 12.4. The van der Waals surface area contributed by atoms with E-state index in [9.17, 15) is 21.6 Å². The van der Waals surface area contributed by atoms with E-state index in [0.717, 1.165) is 37.0 Å². The molecule has 3 rings (SSSR count). The lowest BCUT2D eigenvalue weighted by Crippen LogP contribution is -2.28. The summed E-state index contributed by atoms with van der Waals surface area (Å²) in [5.41, 5.74) is -3.75. The van der Waals surface area contributed by atoms with Crippen LogP contribution in [0.2, 0.25) is 0 Å². The molecule has 2 aromatic rings. The lowest BCUT2D eigenvalue weighted by atomic mass is 9.90. The van der Waals surface area contributed by atoms with Crippen LogP contribution in [0.25, 0.3) is 10.9 Å². The largest absolute Gasteiger partial charge is 0.534 e. The van der Waals surface area contributed by atoms with Gasteiger partial charge in [0, 0.05) is 17.1 Å². The van der Waals surface area contributed by atoms with E-state index in [0.29, 0.717) is 5.39 Å². The van der Waals surface area contributed by atoms with Gasteiger partial charge in [-0.3, -0.25) is 0 Å². The normalized spacial score (nSPS) is 17.5. The lowest BCUT2D eigenvalue weighted by molar-refractivity contribution is -0.0500. The fraction of sp³-hybridized carbons (Fsp3) is 0.429. The molecule has 9 heteroatoms. The van der Waals surface area contributed by atoms with Gasteiger partial charge in [-0.05, 0) is 55.6 Å². The van der Waals surface area contributed by atoms with Gasteiger partial charge in [0.1, 0.15) is 5.75 Å². The van der Waals surface area contributed by atoms with Crippen LogP contribution in [0.15, 0.2) is 24.4 Å². The zero-order valence-electron chi connectivity index (χ0n) is 12.0. The van der Waals surface area contributed by atoms with E-state index in [1.54, 1.807) is 0 Å². The molecule has 1 aromatic heterocycles. The molecule has 0 amide bonds. The molecule has 2 N–H and O–H groups in total. The van der Waals surface area contributed by atoms with E-state index in [4.69, 9.17) is 0 Å². The van der Waals surface area contributed by atoms with Gasteiger partial charge < -0.3 is 14.5 Å². The van der Waals surface area contributed by atoms with Crippen molar-refractivity contribution in [3.05, 3.63) is 30.0 Å². The van der Waals surface area contributed by atoms with E-state index in [-0.39, 0.29) is 11.7 Å². The molecular formula is C14H15F3N2O3S. The minimum absolute atomic E-state index is 0.277. The Hall–Kier alpha value is -1.74. The van der Waals surface area contributed by atoms with Crippen molar-refractivity contribution in [2.45, 2.75) is 24.3 Å². The predicted octanol–water partition coefficient (Wildman–Crippen LogP) is 2.86. The molecule has 1 aliphatic rings. The van der Waals surface area contributed by atoms with Crippen molar-refractivity contribution < 1.29 is 25.8 Å². The highest BCUT2D eigenvalue weighted by molar-refractivity contribution is 7.88. The van der Waals surface area contributed by atoms with Gasteiger partial charge in [-0.25, -0.2) is 0 Å². The molecule has 0 bridgehead atoms. The number of rotatable bonds is 3. The van der Waals surface area contributed by atoms with Crippen molar-refractivity contribution in [2.75, 3.05) is 13.1 Å². The molecule has 0 spiro atoms. The number of benzene rings is 1. The van der Waals surface area contributed by atoms with Crippen LogP contribution in [0.4, 0.5) is 13.2 Å². The summed E-state index contributed by atoms with van der Waals surface area (Å²) in [6, 6.07) is 4.06. The number of alkyl halides is 3. The maximum Gasteiger partial charge on any atom is 0.534 e. The first-order valence-electron chi connectivity index (χ1n) is 7.10. The van der Waals surface area contributed by atoms with Gasteiger partial charge in [-0.15, -0.1) is 0 Å². The summed E-state index contributed by atoms with van der Waals surface area (Å²) in [5, 5.41) is 3.93. The number of H-pyrrole nitrogens is 1. The van der Waals surface area contributed by atoms with Crippen LogP contribution < -0.4 is 9.50 Å². The highest BCUT2D eigenvalue weighted by atomic mass is 32.2. The maximum atomic E-state index is 12.4. The number of aromatic amines is 1. The molecular weight excluding hydrogens is 333 g/mol. The topological polar surface area (TPSA) is 71.2 Å². The summed E-state index contributed by atoms with van der Waals surface area (Å²) in [6.45, 7) is 1.74. The van der Waals surface area contributed by atoms with Gasteiger partial charge >= 0.3 is 15.6 Å². The van der Waals surface area contributed by atoms with Crippen LogP contribution >= 0.6 is 0 Å². The molecule has 23 heavy (non-hydrogen) atoms. The van der Waals surface area contributed by atoms with Crippen molar-refractivity contribution in [3.63, 3.8) is 0 Å². The molecule has 1 fully saturated rings. The molecule has 126 valence electrons. The summed E-state index contributed by atoms with van der Waals surface area (Å²) < 4.78 is 63.7. The van der Waals surface area contributed by atoms with E-state index < -0.39 is 15.6 Å². The number of fused-ring (bicyclic) bond motifs is 1. The second kappa shape index (κ2) is 5.72. The fourth-order valence-electron chi connectivity index (χ4n) is 2.82. The van der Waals surface area contributed by atoms with Crippen LogP contribution in [0, 0.1) is 0 Å². The Bertz CT molecular complexity index is 808. The van der Waals surface area contributed by atoms with Crippen LogP contribution in [0.3, 0.4) is 0 Å². The summed E-state index contributed by atoms with van der Waals surface area (Å²) in [7, 11) is -5.66. The molecule has 1 aliphatic heterocycles. The van der Waals surface area contributed by atoms with Gasteiger partial charge in [-0.1, -0.05) is 0 Å². The Labute approximate surface area is 131 Å². The number of aromatic nitrogens is 1. The first-order chi connectivity index (χ1) is 10.8. The van der Waals surface area contributed by atoms with E-state index in [2.05, 4.69) is 14.5 Å². The zero-order valence-corrected chi connectivity index (χ0v) is 12.8. The molecule has 5 nitrogen and oxygen atoms in total. The summed E-state index contributed by atoms with van der Waals surface area (Å²) >= 11 is 0. The summed E-state index contributed by atoms with van der Waals surface area (Å²) in [4.78, 5) is 3.06. The lowest BCUT2D eigenvalue weighted by Gasteiger charge is -2.22. The molecule has 0 atom stereocenters. The Morgan fingerprint density at radius 1 is 1.17 bits per heavy atom. The molecule has 1 aromatic carbocycles. The molecule has 1 saturated heterocycles. The summed E-state index contributed by atoms with van der Waals surface area (Å²) in [5.74, 6) is -0.0657. The molecule has 0 aliphatic carbocycles. The highest BCUT2D eigenvalue weighted by Gasteiger charge is 2.48. The number of halogens is 3. The van der Waals surface area contributed by atoms with E-state index in [1.807, 2.05) is 6.20 Å². The second-order valence-electron chi connectivity index (χ2n) is 5.46. The van der Waals surface area contributed by atoms with E-state index in [1.165, 1.54) is 18.2 Å². The standard InChI is InChI=1S/C14H15F3N2O3S/c15-14(16,17)23(20,21)22-10-1-2-13-11(7-10)12(8-19-13)9-3-5-18-6-4-9/h1-2,7-9,18-19H,3-6H2. The minimum atomic E-state index is -5.66. The molecule has 0 unspecified atom stereocenters. The first-order valence-corrected chi connectivity index (χ1v) is 8.51. The average molecular weight is 348 g/mol. The number of hydrogen-bond acceptors (Lipinski definition) is 4. The smallest absolute Gasteiger partial charge is 0.376 e.